The number of halogens is 3. The third kappa shape index (κ3) is 5.67. The number of aromatic nitrogens is 3. The summed E-state index contributed by atoms with van der Waals surface area (Å²) in [5, 5.41) is 13.4. The summed E-state index contributed by atoms with van der Waals surface area (Å²) >= 11 is 0. The number of hydrogen-bond donors (Lipinski definition) is 3. The topological polar surface area (TPSA) is 126 Å². The van der Waals surface area contributed by atoms with Crippen LogP contribution in [0.3, 0.4) is 0 Å². The van der Waals surface area contributed by atoms with Crippen molar-refractivity contribution in [3.05, 3.63) is 72.4 Å². The molecule has 0 radical (unpaired) electrons. The second-order valence-corrected chi connectivity index (χ2v) is 11.0. The smallest absolute Gasteiger partial charge is 0.429 e. The normalized spacial score (nSPS) is 19.2. The van der Waals surface area contributed by atoms with Crippen molar-refractivity contribution in [2.75, 3.05) is 30.3 Å². The second-order valence-electron chi connectivity index (χ2n) is 11.0. The van der Waals surface area contributed by atoms with Crippen LogP contribution in [0.5, 0.6) is 5.88 Å². The highest BCUT2D eigenvalue weighted by Crippen LogP contribution is 2.41. The number of ether oxygens (including phenoxy) is 1. The summed E-state index contributed by atoms with van der Waals surface area (Å²) < 4.78 is 48.2. The fourth-order valence-electron chi connectivity index (χ4n) is 5.88. The van der Waals surface area contributed by atoms with Crippen LogP contribution in [0.25, 0.3) is 22.0 Å². The molecule has 4 aromatic rings. The summed E-state index contributed by atoms with van der Waals surface area (Å²) in [5.74, 6) is -0.968. The van der Waals surface area contributed by atoms with E-state index < -0.39 is 24.3 Å². The van der Waals surface area contributed by atoms with E-state index in [4.69, 9.17) is 10.5 Å². The fraction of sp³-hybridized carbons (Fsp3) is 0.333. The number of nitrogens with two attached hydrogens (primary N) is 1. The first-order valence-electron chi connectivity index (χ1n) is 13.6. The van der Waals surface area contributed by atoms with Gasteiger partial charge in [-0.2, -0.15) is 23.1 Å². The van der Waals surface area contributed by atoms with E-state index in [1.807, 2.05) is 35.2 Å². The summed E-state index contributed by atoms with van der Waals surface area (Å²) in [4.78, 5) is 25.8. The summed E-state index contributed by atoms with van der Waals surface area (Å²) in [7, 11) is 0. The summed E-state index contributed by atoms with van der Waals surface area (Å²) in [6, 6.07) is 16.3. The van der Waals surface area contributed by atoms with Crippen LogP contribution in [0, 0.1) is 5.41 Å². The van der Waals surface area contributed by atoms with E-state index in [2.05, 4.69) is 20.3 Å². The Labute approximate surface area is 239 Å². The molecule has 2 aliphatic heterocycles. The Bertz CT molecular complexity index is 1610. The minimum absolute atomic E-state index is 0.0782. The molecule has 0 bridgehead atoms. The predicted octanol–water partition coefficient (Wildman–Crippen LogP) is 4.99. The van der Waals surface area contributed by atoms with Crippen molar-refractivity contribution in [3.63, 3.8) is 0 Å². The van der Waals surface area contributed by atoms with Gasteiger partial charge in [0.25, 0.3) is 0 Å². The van der Waals surface area contributed by atoms with Crippen LogP contribution in [0.2, 0.25) is 0 Å². The molecule has 9 nitrogen and oxygen atoms in total. The Morgan fingerprint density at radius 1 is 1.07 bits per heavy atom. The molecule has 218 valence electrons. The van der Waals surface area contributed by atoms with Crippen LogP contribution in [-0.2, 0) is 4.79 Å². The average Bonchev–Trinajstić information content (AvgIpc) is 3.39. The summed E-state index contributed by atoms with van der Waals surface area (Å²) in [5.41, 5.74) is 8.05. The van der Waals surface area contributed by atoms with Gasteiger partial charge >= 0.3 is 12.1 Å². The highest BCUT2D eigenvalue weighted by molar-refractivity contribution is 5.84. The van der Waals surface area contributed by atoms with Crippen molar-refractivity contribution >= 4 is 28.6 Å². The maximum absolute atomic E-state index is 14.2. The number of alkyl halides is 3. The lowest BCUT2D eigenvalue weighted by molar-refractivity contribution is -0.198. The van der Waals surface area contributed by atoms with E-state index in [1.54, 1.807) is 18.3 Å². The molecule has 4 heterocycles. The highest BCUT2D eigenvalue weighted by Gasteiger charge is 2.45. The van der Waals surface area contributed by atoms with E-state index in [0.29, 0.717) is 44.7 Å². The number of carbonyl (C=O) groups is 1. The molecule has 2 unspecified atom stereocenters. The predicted molar refractivity (Wildman–Crippen MR) is 151 cm³/mol. The Balaban J connectivity index is 1.19. The highest BCUT2D eigenvalue weighted by atomic mass is 19.4. The molecule has 2 saturated heterocycles. The number of benzene rings is 2. The Kier molecular flexibility index (Phi) is 7.09. The number of nitrogens with one attached hydrogen (secondary N) is 1. The van der Waals surface area contributed by atoms with Gasteiger partial charge in [-0.05, 0) is 47.9 Å². The number of piperidine rings is 1. The minimum Gasteiger partial charge on any atom is -0.480 e. The summed E-state index contributed by atoms with van der Waals surface area (Å²) in [6.07, 6.45) is -3.32. The molecule has 2 aromatic carbocycles. The van der Waals surface area contributed by atoms with Gasteiger partial charge in [-0.3, -0.25) is 9.78 Å². The van der Waals surface area contributed by atoms with E-state index >= 15 is 0 Å². The Morgan fingerprint density at radius 3 is 2.50 bits per heavy atom. The average molecular weight is 579 g/mol. The number of hydrogen-bond acceptors (Lipinski definition) is 8. The van der Waals surface area contributed by atoms with E-state index in [9.17, 15) is 23.1 Å². The molecule has 12 heteroatoms. The third-order valence-corrected chi connectivity index (χ3v) is 8.20. The number of anilines is 2. The molecule has 42 heavy (non-hydrogen) atoms. The zero-order valence-corrected chi connectivity index (χ0v) is 22.5. The molecule has 0 aliphatic carbocycles. The number of pyridine rings is 1. The Hall–Kier alpha value is -4.45. The number of nitrogens with zero attached hydrogens (tertiary/aromatic N) is 4. The maximum Gasteiger partial charge on any atom is 0.429 e. The first-order chi connectivity index (χ1) is 20.1. The molecule has 1 spiro atoms. The van der Waals surface area contributed by atoms with E-state index in [-0.39, 0.29) is 22.8 Å². The quantitative estimate of drug-likeness (QED) is 0.290. The third-order valence-electron chi connectivity index (χ3n) is 8.20. The van der Waals surface area contributed by atoms with Gasteiger partial charge in [0.2, 0.25) is 17.9 Å². The lowest BCUT2D eigenvalue weighted by atomic mass is 9.76. The van der Waals surface area contributed by atoms with Gasteiger partial charge in [0.05, 0.1) is 5.52 Å². The molecule has 2 fully saturated rings. The first kappa shape index (κ1) is 27.7. The standard InChI is InChI=1S/C30H29F3N6O3/c31-30(32,33)26(20-6-3-18(4-7-20)21-8-5-19-2-1-11-35-22(19)14-21)42-25-15-24(37-28(34)38-25)39-12-9-29(10-13-39)16-23(27(40)41)36-17-29/h1-8,11,14-15,23,26,36H,9-10,12-13,16-17H2,(H,40,41)(H2,34,37,38). The van der Waals surface area contributed by atoms with Crippen LogP contribution in [0.4, 0.5) is 24.9 Å². The number of nitrogen functional groups attached to an aromatic ring is 1. The SMILES string of the molecule is Nc1nc(OC(c2ccc(-c3ccc4cccnc4c3)cc2)C(F)(F)F)cc(N2CCC3(CC2)CNC(C(=O)O)C3)n1. The number of rotatable bonds is 6. The van der Waals surface area contributed by atoms with Crippen molar-refractivity contribution in [3.8, 4) is 17.0 Å². The van der Waals surface area contributed by atoms with Crippen LogP contribution >= 0.6 is 0 Å². The van der Waals surface area contributed by atoms with Gasteiger partial charge < -0.3 is 25.8 Å². The summed E-state index contributed by atoms with van der Waals surface area (Å²) in [6.45, 7) is 1.72. The molecule has 6 rings (SSSR count). The zero-order chi connectivity index (χ0) is 29.5. The van der Waals surface area contributed by atoms with E-state index in [1.165, 1.54) is 18.2 Å². The minimum atomic E-state index is -4.72. The molecule has 0 saturated carbocycles. The van der Waals surface area contributed by atoms with Crippen LogP contribution in [0.15, 0.2) is 66.9 Å². The zero-order valence-electron chi connectivity index (χ0n) is 22.5. The van der Waals surface area contributed by atoms with Crippen molar-refractivity contribution in [1.29, 1.82) is 0 Å². The van der Waals surface area contributed by atoms with Crippen LogP contribution < -0.4 is 20.7 Å². The van der Waals surface area contributed by atoms with Crippen LogP contribution in [-0.4, -0.2) is 57.9 Å². The largest absolute Gasteiger partial charge is 0.480 e. The molecule has 0 amide bonds. The van der Waals surface area contributed by atoms with Gasteiger partial charge in [-0.15, -0.1) is 0 Å². The molecule has 2 aliphatic rings. The van der Waals surface area contributed by atoms with Gasteiger partial charge in [0.15, 0.2) is 0 Å². The van der Waals surface area contributed by atoms with Gasteiger partial charge in [0, 0.05) is 42.8 Å². The van der Waals surface area contributed by atoms with Crippen molar-refractivity contribution < 1.29 is 27.8 Å². The lowest BCUT2D eigenvalue weighted by Gasteiger charge is -2.39. The number of carboxylic acids is 1. The monoisotopic (exact) mass is 578 g/mol. The molecule has 2 aromatic heterocycles. The van der Waals surface area contributed by atoms with E-state index in [0.717, 1.165) is 22.0 Å². The van der Waals surface area contributed by atoms with Gasteiger partial charge in [0.1, 0.15) is 11.9 Å². The van der Waals surface area contributed by atoms with Gasteiger partial charge in [-0.25, -0.2) is 0 Å². The van der Waals surface area contributed by atoms with Crippen molar-refractivity contribution in [1.82, 2.24) is 20.3 Å². The molecular formula is C30H29F3N6O3. The number of carboxylic acid groups (broad SMARTS) is 1. The second kappa shape index (κ2) is 10.8. The maximum atomic E-state index is 14.2. The first-order valence-corrected chi connectivity index (χ1v) is 13.6. The fourth-order valence-corrected chi connectivity index (χ4v) is 5.88. The molecular weight excluding hydrogens is 549 g/mol. The Morgan fingerprint density at radius 2 is 1.81 bits per heavy atom. The lowest BCUT2D eigenvalue weighted by Crippen LogP contribution is -2.41. The molecule has 2 atom stereocenters. The number of fused-ring (bicyclic) bond motifs is 1. The number of aliphatic carboxylic acids is 1. The molecule has 4 N–H and O–H groups in total. The van der Waals surface area contributed by atoms with Crippen molar-refractivity contribution in [2.45, 2.75) is 37.6 Å². The van der Waals surface area contributed by atoms with Gasteiger partial charge in [-0.1, -0.05) is 42.5 Å². The van der Waals surface area contributed by atoms with Crippen LogP contribution in [0.1, 0.15) is 30.9 Å². The van der Waals surface area contributed by atoms with Crippen molar-refractivity contribution in [2.24, 2.45) is 5.41 Å².